The van der Waals surface area contributed by atoms with Crippen molar-refractivity contribution in [1.82, 2.24) is 19.1 Å². The fraction of sp³-hybridized carbons (Fsp3) is 0.588. The van der Waals surface area contributed by atoms with Crippen LogP contribution in [0.1, 0.15) is 45.4 Å². The molecule has 24 heavy (non-hydrogen) atoms. The molecule has 0 amide bonds. The highest BCUT2D eigenvalue weighted by Crippen LogP contribution is 2.35. The van der Waals surface area contributed by atoms with Crippen molar-refractivity contribution in [3.05, 3.63) is 22.4 Å². The van der Waals surface area contributed by atoms with Gasteiger partial charge in [0.15, 0.2) is 11.6 Å². The third-order valence-corrected chi connectivity index (χ3v) is 4.94. The highest BCUT2D eigenvalue weighted by atomic mass is 16.3. The third kappa shape index (κ3) is 2.34. The Morgan fingerprint density at radius 1 is 1.42 bits per heavy atom. The molecule has 0 bridgehead atoms. The SMILES string of the molecule is CCCn1c2nc(C3=CCC(C)(O)CC3)nc-2c2n(c1=O)CCN2. The van der Waals surface area contributed by atoms with Gasteiger partial charge in [0, 0.05) is 19.6 Å². The topological polar surface area (TPSA) is 85.0 Å². The maximum atomic E-state index is 12.7. The summed E-state index contributed by atoms with van der Waals surface area (Å²) in [5, 5.41) is 13.4. The monoisotopic (exact) mass is 329 g/mol. The van der Waals surface area contributed by atoms with Crippen molar-refractivity contribution in [3.8, 4) is 11.5 Å². The fourth-order valence-corrected chi connectivity index (χ4v) is 3.54. The van der Waals surface area contributed by atoms with Gasteiger partial charge in [0.05, 0.1) is 5.60 Å². The molecule has 0 saturated carbocycles. The molecule has 0 fully saturated rings. The first kappa shape index (κ1) is 15.4. The molecule has 0 aromatic heterocycles. The molecular weight excluding hydrogens is 306 g/mol. The molecule has 0 aromatic rings. The Balaban J connectivity index is 1.86. The number of hydrogen-bond donors (Lipinski definition) is 2. The minimum atomic E-state index is -0.640. The lowest BCUT2D eigenvalue weighted by atomic mass is 9.87. The molecule has 2 N–H and O–H groups in total. The molecule has 1 atom stereocenters. The summed E-state index contributed by atoms with van der Waals surface area (Å²) in [5.74, 6) is 2.13. The Morgan fingerprint density at radius 2 is 2.25 bits per heavy atom. The van der Waals surface area contributed by atoms with Crippen LogP contribution in [0, 0.1) is 0 Å². The lowest BCUT2D eigenvalue weighted by Gasteiger charge is -2.26. The standard InChI is InChI=1S/C17H23N5O2/c1-3-9-21-15-12(14-18-8-10-22(14)16(21)23)19-13(20-15)11-4-6-17(2,24)7-5-11/h4,18,24H,3,5-10H2,1-2H3. The summed E-state index contributed by atoms with van der Waals surface area (Å²) in [7, 11) is 0. The number of rotatable bonds is 3. The van der Waals surface area contributed by atoms with E-state index in [-0.39, 0.29) is 5.69 Å². The van der Waals surface area contributed by atoms with Crippen LogP contribution in [0.15, 0.2) is 10.9 Å². The number of aromatic nitrogens is 4. The largest absolute Gasteiger partial charge is 0.390 e. The van der Waals surface area contributed by atoms with Crippen molar-refractivity contribution in [1.29, 1.82) is 0 Å². The molecule has 128 valence electrons. The highest BCUT2D eigenvalue weighted by Gasteiger charge is 2.30. The smallest absolute Gasteiger partial charge is 0.331 e. The second kappa shape index (κ2) is 5.44. The Hall–Kier alpha value is -2.15. The second-order valence-corrected chi connectivity index (χ2v) is 7.01. The highest BCUT2D eigenvalue weighted by molar-refractivity contribution is 5.73. The number of allylic oxidation sites excluding steroid dienone is 1. The van der Waals surface area contributed by atoms with Crippen LogP contribution in [0.5, 0.6) is 0 Å². The zero-order chi connectivity index (χ0) is 16.9. The quantitative estimate of drug-likeness (QED) is 0.895. The van der Waals surface area contributed by atoms with Crippen molar-refractivity contribution >= 4 is 11.4 Å². The minimum Gasteiger partial charge on any atom is -0.390 e. The van der Waals surface area contributed by atoms with Crippen LogP contribution in [0.2, 0.25) is 0 Å². The Labute approximate surface area is 140 Å². The van der Waals surface area contributed by atoms with Gasteiger partial charge in [-0.05, 0) is 38.2 Å². The molecule has 4 aliphatic rings. The second-order valence-electron chi connectivity index (χ2n) is 7.01. The normalized spacial score (nSPS) is 23.2. The maximum absolute atomic E-state index is 12.7. The van der Waals surface area contributed by atoms with Crippen LogP contribution in [-0.4, -0.2) is 36.4 Å². The Kier molecular flexibility index (Phi) is 3.49. The van der Waals surface area contributed by atoms with Gasteiger partial charge in [-0.2, -0.15) is 0 Å². The summed E-state index contributed by atoms with van der Waals surface area (Å²) in [4.78, 5) is 22.1. The summed E-state index contributed by atoms with van der Waals surface area (Å²) in [5.41, 5.74) is 1.17. The summed E-state index contributed by atoms with van der Waals surface area (Å²) < 4.78 is 3.50. The van der Waals surface area contributed by atoms with E-state index < -0.39 is 5.60 Å². The summed E-state index contributed by atoms with van der Waals surface area (Å²) in [6, 6.07) is 0. The zero-order valence-corrected chi connectivity index (χ0v) is 14.2. The van der Waals surface area contributed by atoms with Crippen molar-refractivity contribution in [3.63, 3.8) is 0 Å². The first-order chi connectivity index (χ1) is 11.5. The predicted octanol–water partition coefficient (Wildman–Crippen LogP) is 1.70. The molecule has 7 heteroatoms. The van der Waals surface area contributed by atoms with E-state index in [0.29, 0.717) is 37.6 Å². The minimum absolute atomic E-state index is 0.0173. The zero-order valence-electron chi connectivity index (χ0n) is 14.2. The molecule has 3 heterocycles. The molecule has 0 saturated heterocycles. The van der Waals surface area contributed by atoms with E-state index in [1.54, 1.807) is 9.13 Å². The Bertz CT molecular complexity index is 846. The van der Waals surface area contributed by atoms with Gasteiger partial charge in [0.25, 0.3) is 0 Å². The molecule has 3 aliphatic heterocycles. The first-order valence-corrected chi connectivity index (χ1v) is 8.67. The number of nitrogens with zero attached hydrogens (tertiary/aromatic N) is 4. The van der Waals surface area contributed by atoms with Crippen LogP contribution < -0.4 is 11.0 Å². The number of imidazole rings is 1. The Morgan fingerprint density at radius 3 is 2.96 bits per heavy atom. The van der Waals surface area contributed by atoms with Crippen molar-refractivity contribution in [2.45, 2.75) is 58.2 Å². The fourth-order valence-electron chi connectivity index (χ4n) is 3.54. The number of hydrogen-bond acceptors (Lipinski definition) is 5. The summed E-state index contributed by atoms with van der Waals surface area (Å²) in [6.07, 6.45) is 4.97. The number of nitrogens with one attached hydrogen (secondary N) is 1. The van der Waals surface area contributed by atoms with Gasteiger partial charge in [0.2, 0.25) is 0 Å². The van der Waals surface area contributed by atoms with Gasteiger partial charge in [-0.25, -0.2) is 14.8 Å². The number of fused-ring (bicyclic) bond motifs is 3. The molecule has 0 radical (unpaired) electrons. The van der Waals surface area contributed by atoms with E-state index in [4.69, 9.17) is 4.98 Å². The van der Waals surface area contributed by atoms with Gasteiger partial charge < -0.3 is 10.4 Å². The predicted molar refractivity (Wildman–Crippen MR) is 92.1 cm³/mol. The number of aliphatic hydroxyl groups is 1. The van der Waals surface area contributed by atoms with Crippen LogP contribution in [0.25, 0.3) is 17.1 Å². The van der Waals surface area contributed by atoms with E-state index in [2.05, 4.69) is 17.2 Å². The van der Waals surface area contributed by atoms with Crippen LogP contribution in [0.3, 0.4) is 0 Å². The molecule has 1 aliphatic carbocycles. The molecular formula is C17H23N5O2. The van der Waals surface area contributed by atoms with Gasteiger partial charge in [0.1, 0.15) is 11.5 Å². The maximum Gasteiger partial charge on any atom is 0.331 e. The van der Waals surface area contributed by atoms with Gasteiger partial charge in [-0.3, -0.25) is 9.13 Å². The molecule has 0 aromatic carbocycles. The lowest BCUT2D eigenvalue weighted by molar-refractivity contribution is 0.0523. The van der Waals surface area contributed by atoms with E-state index in [0.717, 1.165) is 36.5 Å². The van der Waals surface area contributed by atoms with E-state index in [1.165, 1.54) is 0 Å². The lowest BCUT2D eigenvalue weighted by Crippen LogP contribution is -2.31. The van der Waals surface area contributed by atoms with Crippen molar-refractivity contribution < 1.29 is 5.11 Å². The van der Waals surface area contributed by atoms with Gasteiger partial charge in [-0.1, -0.05) is 13.0 Å². The van der Waals surface area contributed by atoms with Crippen molar-refractivity contribution in [2.75, 3.05) is 11.9 Å². The van der Waals surface area contributed by atoms with E-state index in [9.17, 15) is 9.90 Å². The first-order valence-electron chi connectivity index (χ1n) is 8.67. The van der Waals surface area contributed by atoms with E-state index in [1.807, 2.05) is 13.0 Å². The van der Waals surface area contributed by atoms with Crippen molar-refractivity contribution in [2.24, 2.45) is 0 Å². The van der Waals surface area contributed by atoms with Gasteiger partial charge >= 0.3 is 5.69 Å². The number of anilines is 1. The van der Waals surface area contributed by atoms with Crippen LogP contribution in [0.4, 0.5) is 5.82 Å². The summed E-state index contributed by atoms with van der Waals surface area (Å²) in [6.45, 7) is 5.96. The van der Waals surface area contributed by atoms with Crippen LogP contribution in [-0.2, 0) is 13.1 Å². The summed E-state index contributed by atoms with van der Waals surface area (Å²) >= 11 is 0. The average molecular weight is 329 g/mol. The third-order valence-electron chi connectivity index (χ3n) is 4.94. The van der Waals surface area contributed by atoms with E-state index >= 15 is 0 Å². The molecule has 7 nitrogen and oxygen atoms in total. The molecule has 1 unspecified atom stereocenters. The van der Waals surface area contributed by atoms with Gasteiger partial charge in [-0.15, -0.1) is 0 Å². The van der Waals surface area contributed by atoms with Crippen LogP contribution >= 0.6 is 0 Å². The average Bonchev–Trinajstić information content (AvgIpc) is 3.18. The molecule has 0 spiro atoms. The molecule has 4 rings (SSSR count).